The summed E-state index contributed by atoms with van der Waals surface area (Å²) in [6.07, 6.45) is 2.76. The monoisotopic (exact) mass is 333 g/mol. The van der Waals surface area contributed by atoms with Crippen molar-refractivity contribution >= 4 is 25.6 Å². The zero-order valence-electron chi connectivity index (χ0n) is 11.9. The Labute approximate surface area is 128 Å². The predicted molar refractivity (Wildman–Crippen MR) is 78.5 cm³/mol. The summed E-state index contributed by atoms with van der Waals surface area (Å²) in [5, 5.41) is 0. The van der Waals surface area contributed by atoms with E-state index in [0.717, 1.165) is 31.4 Å². The van der Waals surface area contributed by atoms with Gasteiger partial charge < -0.3 is 4.90 Å². The molecule has 0 aliphatic carbocycles. The first-order valence-corrected chi connectivity index (χ1v) is 9.08. The van der Waals surface area contributed by atoms with Gasteiger partial charge in [-0.25, -0.2) is 12.8 Å². The minimum atomic E-state index is -4.02. The number of carbonyl (C=O) groups excluding carboxylic acids is 1. The van der Waals surface area contributed by atoms with Crippen LogP contribution >= 0.6 is 10.7 Å². The van der Waals surface area contributed by atoms with Gasteiger partial charge in [-0.2, -0.15) is 0 Å². The summed E-state index contributed by atoms with van der Waals surface area (Å²) in [5.41, 5.74) is -0.0562. The van der Waals surface area contributed by atoms with Crippen LogP contribution in [0.3, 0.4) is 0 Å². The SMILES string of the molecule is Cc1cc(F)c(C(=O)N2CCCCC2C)cc1S(=O)(=O)Cl. The zero-order chi connectivity index (χ0) is 15.8. The Bertz CT molecular complexity index is 675. The molecule has 1 aliphatic rings. The molecule has 1 saturated heterocycles. The van der Waals surface area contributed by atoms with E-state index in [9.17, 15) is 17.6 Å². The molecule has 1 fully saturated rings. The van der Waals surface area contributed by atoms with Gasteiger partial charge >= 0.3 is 0 Å². The molecule has 2 rings (SSSR count). The number of hydrogen-bond donors (Lipinski definition) is 0. The lowest BCUT2D eigenvalue weighted by atomic mass is 10.0. The Morgan fingerprint density at radius 2 is 2.05 bits per heavy atom. The number of hydrogen-bond acceptors (Lipinski definition) is 3. The Balaban J connectivity index is 2.46. The third-order valence-electron chi connectivity index (χ3n) is 3.82. The van der Waals surface area contributed by atoms with Crippen molar-refractivity contribution in [2.45, 2.75) is 44.0 Å². The molecule has 1 aromatic rings. The average molecular weight is 334 g/mol. The molecule has 0 spiro atoms. The number of likely N-dealkylation sites (tertiary alicyclic amines) is 1. The van der Waals surface area contributed by atoms with Crippen LogP contribution in [-0.2, 0) is 9.05 Å². The quantitative estimate of drug-likeness (QED) is 0.781. The molecule has 1 unspecified atom stereocenters. The molecule has 1 aliphatic heterocycles. The van der Waals surface area contributed by atoms with Crippen molar-refractivity contribution in [2.24, 2.45) is 0 Å². The van der Waals surface area contributed by atoms with Crippen molar-refractivity contribution in [1.82, 2.24) is 4.90 Å². The first-order chi connectivity index (χ1) is 9.71. The van der Waals surface area contributed by atoms with E-state index in [1.165, 1.54) is 6.92 Å². The number of aryl methyl sites for hydroxylation is 1. The predicted octanol–water partition coefficient (Wildman–Crippen LogP) is 3.08. The summed E-state index contributed by atoms with van der Waals surface area (Å²) in [6, 6.07) is 2.09. The van der Waals surface area contributed by atoms with Crippen molar-refractivity contribution in [1.29, 1.82) is 0 Å². The normalized spacial score (nSPS) is 19.6. The molecule has 21 heavy (non-hydrogen) atoms. The van der Waals surface area contributed by atoms with Gasteiger partial charge in [-0.3, -0.25) is 4.79 Å². The number of piperidine rings is 1. The fraction of sp³-hybridized carbons (Fsp3) is 0.500. The van der Waals surface area contributed by atoms with E-state index in [-0.39, 0.29) is 22.1 Å². The van der Waals surface area contributed by atoms with Crippen LogP contribution in [0.1, 0.15) is 42.1 Å². The number of rotatable bonds is 2. The van der Waals surface area contributed by atoms with E-state index < -0.39 is 20.8 Å². The van der Waals surface area contributed by atoms with Crippen LogP contribution in [0.25, 0.3) is 0 Å². The molecule has 1 atom stereocenters. The van der Waals surface area contributed by atoms with E-state index in [0.29, 0.717) is 6.54 Å². The second kappa shape index (κ2) is 5.93. The molecule has 1 heterocycles. The number of halogens is 2. The maximum absolute atomic E-state index is 14.1. The van der Waals surface area contributed by atoms with Gasteiger partial charge in [0.15, 0.2) is 0 Å². The minimum Gasteiger partial charge on any atom is -0.336 e. The van der Waals surface area contributed by atoms with Crippen LogP contribution in [0.2, 0.25) is 0 Å². The highest BCUT2D eigenvalue weighted by Gasteiger charge is 2.28. The first-order valence-electron chi connectivity index (χ1n) is 6.77. The van der Waals surface area contributed by atoms with Gasteiger partial charge in [-0.05, 0) is 50.8 Å². The lowest BCUT2D eigenvalue weighted by Crippen LogP contribution is -2.42. The molecule has 0 radical (unpaired) electrons. The van der Waals surface area contributed by atoms with Crippen molar-refractivity contribution < 1.29 is 17.6 Å². The molecular formula is C14H17ClFNO3S. The molecule has 0 aromatic heterocycles. The van der Waals surface area contributed by atoms with Crippen LogP contribution in [0.15, 0.2) is 17.0 Å². The van der Waals surface area contributed by atoms with E-state index in [4.69, 9.17) is 10.7 Å². The van der Waals surface area contributed by atoms with Gasteiger partial charge in [-0.15, -0.1) is 0 Å². The van der Waals surface area contributed by atoms with Crippen LogP contribution in [0.5, 0.6) is 0 Å². The number of amides is 1. The topological polar surface area (TPSA) is 54.5 Å². The highest BCUT2D eigenvalue weighted by Crippen LogP contribution is 2.26. The summed E-state index contributed by atoms with van der Waals surface area (Å²) in [6.45, 7) is 3.90. The van der Waals surface area contributed by atoms with Crippen LogP contribution < -0.4 is 0 Å². The van der Waals surface area contributed by atoms with Gasteiger partial charge in [0.2, 0.25) is 0 Å². The molecule has 1 amide bonds. The molecule has 7 heteroatoms. The highest BCUT2D eigenvalue weighted by molar-refractivity contribution is 8.13. The van der Waals surface area contributed by atoms with Crippen molar-refractivity contribution in [2.75, 3.05) is 6.54 Å². The maximum Gasteiger partial charge on any atom is 0.261 e. The molecule has 0 N–H and O–H groups in total. The second-order valence-corrected chi connectivity index (χ2v) is 7.91. The van der Waals surface area contributed by atoms with Crippen molar-refractivity contribution in [3.05, 3.63) is 29.1 Å². The molecule has 0 bridgehead atoms. The summed E-state index contributed by atoms with van der Waals surface area (Å²) < 4.78 is 37.1. The average Bonchev–Trinajstić information content (AvgIpc) is 2.37. The smallest absolute Gasteiger partial charge is 0.261 e. The third kappa shape index (κ3) is 3.37. The Morgan fingerprint density at radius 1 is 1.38 bits per heavy atom. The summed E-state index contributed by atoms with van der Waals surface area (Å²) >= 11 is 0. The van der Waals surface area contributed by atoms with Crippen molar-refractivity contribution in [3.8, 4) is 0 Å². The molecule has 4 nitrogen and oxygen atoms in total. The summed E-state index contributed by atoms with van der Waals surface area (Å²) in [5.74, 6) is -1.21. The number of benzene rings is 1. The fourth-order valence-corrected chi connectivity index (χ4v) is 3.83. The van der Waals surface area contributed by atoms with Gasteiger partial charge in [0, 0.05) is 23.3 Å². The molecule has 0 saturated carbocycles. The van der Waals surface area contributed by atoms with Gasteiger partial charge in [0.1, 0.15) is 5.82 Å². The van der Waals surface area contributed by atoms with Crippen LogP contribution in [-0.4, -0.2) is 31.8 Å². The van der Waals surface area contributed by atoms with E-state index in [1.807, 2.05) is 6.92 Å². The van der Waals surface area contributed by atoms with Crippen LogP contribution in [0, 0.1) is 12.7 Å². The molecule has 116 valence electrons. The fourth-order valence-electron chi connectivity index (χ4n) is 2.63. The largest absolute Gasteiger partial charge is 0.336 e. The zero-order valence-corrected chi connectivity index (χ0v) is 13.5. The number of nitrogens with zero attached hydrogens (tertiary/aromatic N) is 1. The first kappa shape index (κ1) is 16.2. The van der Waals surface area contributed by atoms with E-state index in [1.54, 1.807) is 4.90 Å². The Hall–Kier alpha value is -1.14. The van der Waals surface area contributed by atoms with E-state index >= 15 is 0 Å². The highest BCUT2D eigenvalue weighted by atomic mass is 35.7. The lowest BCUT2D eigenvalue weighted by molar-refractivity contribution is 0.0630. The minimum absolute atomic E-state index is 0.0167. The van der Waals surface area contributed by atoms with Gasteiger partial charge in [0.25, 0.3) is 15.0 Å². The molecular weight excluding hydrogens is 317 g/mol. The summed E-state index contributed by atoms with van der Waals surface area (Å²) in [4.78, 5) is 13.8. The Morgan fingerprint density at radius 3 is 2.62 bits per heavy atom. The number of carbonyl (C=O) groups is 1. The van der Waals surface area contributed by atoms with Crippen molar-refractivity contribution in [3.63, 3.8) is 0 Å². The van der Waals surface area contributed by atoms with Gasteiger partial charge in [0.05, 0.1) is 10.5 Å². The third-order valence-corrected chi connectivity index (χ3v) is 5.29. The Kier molecular flexibility index (Phi) is 4.58. The lowest BCUT2D eigenvalue weighted by Gasteiger charge is -2.33. The molecule has 1 aromatic carbocycles. The summed E-state index contributed by atoms with van der Waals surface area (Å²) in [7, 11) is 1.32. The van der Waals surface area contributed by atoms with E-state index in [2.05, 4.69) is 0 Å². The van der Waals surface area contributed by atoms with Crippen LogP contribution in [0.4, 0.5) is 4.39 Å². The second-order valence-electron chi connectivity index (χ2n) is 5.38. The maximum atomic E-state index is 14.1. The standard InChI is InChI=1S/C14H17ClFNO3S/c1-9-7-12(16)11(8-13(9)21(15,19)20)14(18)17-6-4-3-5-10(17)2/h7-8,10H,3-6H2,1-2H3. The van der Waals surface area contributed by atoms with Gasteiger partial charge in [-0.1, -0.05) is 0 Å².